The second-order valence-corrected chi connectivity index (χ2v) is 3.60. The predicted octanol–water partition coefficient (Wildman–Crippen LogP) is 1.36. The third-order valence-corrected chi connectivity index (χ3v) is 2.34. The van der Waals surface area contributed by atoms with Gasteiger partial charge < -0.3 is 20.5 Å². The van der Waals surface area contributed by atoms with Crippen LogP contribution in [0.3, 0.4) is 0 Å². The van der Waals surface area contributed by atoms with Crippen molar-refractivity contribution in [3.8, 4) is 11.5 Å². The van der Waals surface area contributed by atoms with Crippen LogP contribution in [0.2, 0.25) is 0 Å². The largest absolute Gasteiger partial charge is 0.508 e. The van der Waals surface area contributed by atoms with Crippen molar-refractivity contribution in [2.45, 2.75) is 6.54 Å². The maximum atomic E-state index is 11.7. The summed E-state index contributed by atoms with van der Waals surface area (Å²) < 4.78 is 0. The van der Waals surface area contributed by atoms with Crippen LogP contribution >= 0.6 is 0 Å². The van der Waals surface area contributed by atoms with Crippen molar-refractivity contribution in [1.82, 2.24) is 10.3 Å². The zero-order valence-corrected chi connectivity index (χ0v) is 8.97. The SMILES string of the molecule is O=C(NCc1cc[nH]c1)c1cc(O)ccc1O. The quantitative estimate of drug-likeness (QED) is 0.603. The average molecular weight is 232 g/mol. The van der Waals surface area contributed by atoms with Gasteiger partial charge in [0.25, 0.3) is 5.91 Å². The van der Waals surface area contributed by atoms with Gasteiger partial charge in [-0.3, -0.25) is 4.79 Å². The number of phenols is 2. The maximum absolute atomic E-state index is 11.7. The number of benzene rings is 1. The summed E-state index contributed by atoms with van der Waals surface area (Å²) in [5, 5.41) is 21.4. The predicted molar refractivity (Wildman–Crippen MR) is 61.7 cm³/mol. The van der Waals surface area contributed by atoms with Gasteiger partial charge in [0.15, 0.2) is 0 Å². The Labute approximate surface area is 97.7 Å². The lowest BCUT2D eigenvalue weighted by Gasteiger charge is -2.06. The molecule has 1 aromatic carbocycles. The van der Waals surface area contributed by atoms with Gasteiger partial charge in [-0.15, -0.1) is 0 Å². The van der Waals surface area contributed by atoms with Crippen molar-refractivity contribution in [1.29, 1.82) is 0 Å². The minimum atomic E-state index is -0.431. The molecule has 1 aromatic heterocycles. The molecule has 1 amide bonds. The minimum Gasteiger partial charge on any atom is -0.508 e. The number of hydrogen-bond donors (Lipinski definition) is 4. The lowest BCUT2D eigenvalue weighted by Crippen LogP contribution is -2.22. The Balaban J connectivity index is 2.07. The Morgan fingerprint density at radius 1 is 1.29 bits per heavy atom. The lowest BCUT2D eigenvalue weighted by molar-refractivity contribution is 0.0948. The van der Waals surface area contributed by atoms with Crippen LogP contribution in [0.4, 0.5) is 0 Å². The molecule has 4 N–H and O–H groups in total. The maximum Gasteiger partial charge on any atom is 0.255 e. The molecule has 0 aliphatic carbocycles. The first-order chi connectivity index (χ1) is 8.16. The Bertz CT molecular complexity index is 521. The summed E-state index contributed by atoms with van der Waals surface area (Å²) in [6.07, 6.45) is 3.52. The molecule has 2 rings (SSSR count). The molecule has 0 bridgehead atoms. The van der Waals surface area contributed by atoms with Crippen LogP contribution in [0.25, 0.3) is 0 Å². The van der Waals surface area contributed by atoms with Crippen molar-refractivity contribution in [2.24, 2.45) is 0 Å². The highest BCUT2D eigenvalue weighted by Crippen LogP contribution is 2.21. The first kappa shape index (κ1) is 11.1. The van der Waals surface area contributed by atoms with E-state index in [0.717, 1.165) is 5.56 Å². The van der Waals surface area contributed by atoms with Gasteiger partial charge in [0, 0.05) is 18.9 Å². The van der Waals surface area contributed by atoms with E-state index in [1.165, 1.54) is 18.2 Å². The Hall–Kier alpha value is -2.43. The highest BCUT2D eigenvalue weighted by molar-refractivity contribution is 5.97. The summed E-state index contributed by atoms with van der Waals surface area (Å²) in [6, 6.07) is 5.66. The van der Waals surface area contributed by atoms with Gasteiger partial charge in [0.05, 0.1) is 5.56 Å². The first-order valence-electron chi connectivity index (χ1n) is 5.08. The monoisotopic (exact) mass is 232 g/mol. The highest BCUT2D eigenvalue weighted by atomic mass is 16.3. The van der Waals surface area contributed by atoms with Crippen LogP contribution < -0.4 is 5.32 Å². The number of aromatic nitrogens is 1. The average Bonchev–Trinajstić information content (AvgIpc) is 2.82. The summed E-state index contributed by atoms with van der Waals surface area (Å²) in [5.74, 6) is -0.649. The van der Waals surface area contributed by atoms with E-state index in [1.807, 2.05) is 6.07 Å². The van der Waals surface area contributed by atoms with E-state index in [0.29, 0.717) is 6.54 Å². The van der Waals surface area contributed by atoms with Crippen molar-refractivity contribution in [2.75, 3.05) is 0 Å². The summed E-state index contributed by atoms with van der Waals surface area (Å²) in [5.41, 5.74) is 0.985. The normalized spacial score (nSPS) is 10.1. The van der Waals surface area contributed by atoms with Crippen molar-refractivity contribution in [3.05, 3.63) is 47.8 Å². The van der Waals surface area contributed by atoms with Crippen LogP contribution in [-0.4, -0.2) is 21.1 Å². The molecular weight excluding hydrogens is 220 g/mol. The molecule has 0 atom stereocenters. The second kappa shape index (κ2) is 4.61. The Kier molecular flexibility index (Phi) is 3.00. The number of nitrogens with one attached hydrogen (secondary N) is 2. The molecule has 0 spiro atoms. The molecule has 0 aliphatic heterocycles. The van der Waals surface area contributed by atoms with Gasteiger partial charge in [0.1, 0.15) is 11.5 Å². The van der Waals surface area contributed by atoms with E-state index >= 15 is 0 Å². The summed E-state index contributed by atoms with van der Waals surface area (Å²) in [6.45, 7) is 0.359. The number of carbonyl (C=O) groups excluding carboxylic acids is 1. The van der Waals surface area contributed by atoms with Crippen molar-refractivity contribution < 1.29 is 15.0 Å². The molecule has 1 heterocycles. The van der Waals surface area contributed by atoms with E-state index in [-0.39, 0.29) is 17.1 Å². The number of phenolic OH excluding ortho intramolecular Hbond substituents is 2. The van der Waals surface area contributed by atoms with E-state index in [1.54, 1.807) is 12.4 Å². The number of carbonyl (C=O) groups is 1. The van der Waals surface area contributed by atoms with Gasteiger partial charge in [-0.05, 0) is 29.8 Å². The van der Waals surface area contributed by atoms with Gasteiger partial charge in [-0.25, -0.2) is 0 Å². The van der Waals surface area contributed by atoms with Gasteiger partial charge in [0.2, 0.25) is 0 Å². The molecule has 0 fully saturated rings. The zero-order valence-electron chi connectivity index (χ0n) is 8.97. The molecule has 0 saturated heterocycles. The fourth-order valence-electron chi connectivity index (χ4n) is 1.45. The molecular formula is C12H12N2O3. The number of aromatic hydroxyl groups is 2. The smallest absolute Gasteiger partial charge is 0.255 e. The second-order valence-electron chi connectivity index (χ2n) is 3.60. The number of amides is 1. The van der Waals surface area contributed by atoms with Gasteiger partial charge >= 0.3 is 0 Å². The summed E-state index contributed by atoms with van der Waals surface area (Å²) >= 11 is 0. The number of aromatic amines is 1. The molecule has 17 heavy (non-hydrogen) atoms. The van der Waals surface area contributed by atoms with Crippen LogP contribution in [0.5, 0.6) is 11.5 Å². The Morgan fingerprint density at radius 3 is 2.82 bits per heavy atom. The topological polar surface area (TPSA) is 85.4 Å². The Morgan fingerprint density at radius 2 is 2.12 bits per heavy atom. The van der Waals surface area contributed by atoms with E-state index in [2.05, 4.69) is 10.3 Å². The van der Waals surface area contributed by atoms with Crippen molar-refractivity contribution in [3.63, 3.8) is 0 Å². The lowest BCUT2D eigenvalue weighted by atomic mass is 10.1. The molecule has 88 valence electrons. The fourth-order valence-corrected chi connectivity index (χ4v) is 1.45. The van der Waals surface area contributed by atoms with Crippen LogP contribution in [0.1, 0.15) is 15.9 Å². The first-order valence-corrected chi connectivity index (χ1v) is 5.08. The molecule has 5 nitrogen and oxygen atoms in total. The van der Waals surface area contributed by atoms with Crippen molar-refractivity contribution >= 4 is 5.91 Å². The molecule has 0 unspecified atom stereocenters. The van der Waals surface area contributed by atoms with Crippen LogP contribution in [0.15, 0.2) is 36.7 Å². The number of rotatable bonds is 3. The molecule has 0 saturated carbocycles. The summed E-state index contributed by atoms with van der Waals surface area (Å²) in [7, 11) is 0. The molecule has 0 aliphatic rings. The zero-order chi connectivity index (χ0) is 12.3. The molecule has 5 heteroatoms. The van der Waals surface area contributed by atoms with Gasteiger partial charge in [-0.2, -0.15) is 0 Å². The minimum absolute atomic E-state index is 0.0561. The number of hydrogen-bond acceptors (Lipinski definition) is 3. The third-order valence-electron chi connectivity index (χ3n) is 2.34. The highest BCUT2D eigenvalue weighted by Gasteiger charge is 2.11. The van der Waals surface area contributed by atoms with E-state index in [4.69, 9.17) is 0 Å². The summed E-state index contributed by atoms with van der Waals surface area (Å²) in [4.78, 5) is 14.6. The van der Waals surface area contributed by atoms with Crippen LogP contribution in [0, 0.1) is 0 Å². The van der Waals surface area contributed by atoms with Crippen LogP contribution in [-0.2, 0) is 6.54 Å². The molecule has 2 aromatic rings. The van der Waals surface area contributed by atoms with Gasteiger partial charge in [-0.1, -0.05) is 0 Å². The fraction of sp³-hybridized carbons (Fsp3) is 0.0833. The third kappa shape index (κ3) is 2.57. The standard InChI is InChI=1S/C12H12N2O3/c15-9-1-2-11(16)10(5-9)12(17)14-7-8-3-4-13-6-8/h1-6,13,15-16H,7H2,(H,14,17). The van der Waals surface area contributed by atoms with E-state index in [9.17, 15) is 15.0 Å². The molecule has 0 radical (unpaired) electrons. The van der Waals surface area contributed by atoms with E-state index < -0.39 is 5.91 Å². The number of H-pyrrole nitrogens is 1.